The van der Waals surface area contributed by atoms with E-state index in [4.69, 9.17) is 4.74 Å². The predicted octanol–water partition coefficient (Wildman–Crippen LogP) is 0.951. The van der Waals surface area contributed by atoms with Crippen LogP contribution in [-0.4, -0.2) is 33.5 Å². The third-order valence-corrected chi connectivity index (χ3v) is 4.81. The Morgan fingerprint density at radius 2 is 2.19 bits per heavy atom. The molecule has 1 atom stereocenters. The molecule has 6 nitrogen and oxygen atoms in total. The van der Waals surface area contributed by atoms with Crippen molar-refractivity contribution in [2.24, 2.45) is 0 Å². The monoisotopic (exact) mass is 312 g/mol. The molecule has 1 heterocycles. The first kappa shape index (κ1) is 15.8. The molecule has 0 bridgehead atoms. The van der Waals surface area contributed by atoms with Crippen molar-refractivity contribution in [3.63, 3.8) is 0 Å². The minimum atomic E-state index is -3.71. The first-order valence-electron chi connectivity index (χ1n) is 6.97. The maximum atomic E-state index is 12.3. The van der Waals surface area contributed by atoms with Crippen LogP contribution < -0.4 is 14.8 Å². The van der Waals surface area contributed by atoms with Gasteiger partial charge in [-0.3, -0.25) is 4.79 Å². The number of hydrogen-bond acceptors (Lipinski definition) is 4. The third-order valence-electron chi connectivity index (χ3n) is 3.34. The summed E-state index contributed by atoms with van der Waals surface area (Å²) in [7, 11) is -3.71. The van der Waals surface area contributed by atoms with Crippen LogP contribution in [0.1, 0.15) is 25.3 Å². The molecule has 1 amide bonds. The van der Waals surface area contributed by atoms with Gasteiger partial charge in [0.2, 0.25) is 15.9 Å². The summed E-state index contributed by atoms with van der Waals surface area (Å²) < 4.78 is 32.5. The number of piperidine rings is 1. The van der Waals surface area contributed by atoms with Gasteiger partial charge in [0.05, 0.1) is 11.5 Å². The summed E-state index contributed by atoms with van der Waals surface area (Å²) >= 11 is 0. The molecule has 1 unspecified atom stereocenters. The fourth-order valence-electron chi connectivity index (χ4n) is 2.25. The first-order valence-corrected chi connectivity index (χ1v) is 8.46. The van der Waals surface area contributed by atoms with E-state index in [2.05, 4.69) is 10.0 Å². The van der Waals surface area contributed by atoms with E-state index in [9.17, 15) is 13.2 Å². The number of carbonyl (C=O) groups excluding carboxylic acids is 1. The van der Waals surface area contributed by atoms with Gasteiger partial charge in [-0.1, -0.05) is 0 Å². The van der Waals surface area contributed by atoms with E-state index in [1.807, 2.05) is 6.92 Å². The van der Waals surface area contributed by atoms with Crippen molar-refractivity contribution < 1.29 is 17.9 Å². The average molecular weight is 312 g/mol. The lowest BCUT2D eigenvalue weighted by Crippen LogP contribution is -2.50. The Morgan fingerprint density at radius 1 is 1.43 bits per heavy atom. The van der Waals surface area contributed by atoms with Gasteiger partial charge in [-0.2, -0.15) is 4.72 Å². The minimum absolute atomic E-state index is 0.141. The molecule has 0 radical (unpaired) electrons. The lowest BCUT2D eigenvalue weighted by Gasteiger charge is -2.22. The van der Waals surface area contributed by atoms with E-state index >= 15 is 0 Å². The molecule has 2 rings (SSSR count). The van der Waals surface area contributed by atoms with E-state index in [0.29, 0.717) is 25.3 Å². The smallest absolute Gasteiger partial charge is 0.241 e. The highest BCUT2D eigenvalue weighted by molar-refractivity contribution is 7.89. The van der Waals surface area contributed by atoms with Crippen LogP contribution in [0.5, 0.6) is 5.75 Å². The van der Waals surface area contributed by atoms with Crippen LogP contribution in [-0.2, 0) is 14.8 Å². The summed E-state index contributed by atoms with van der Waals surface area (Å²) in [5.41, 5.74) is 0.743. The summed E-state index contributed by atoms with van der Waals surface area (Å²) in [4.78, 5) is 11.8. The lowest BCUT2D eigenvalue weighted by molar-refractivity contribution is -0.124. The Kier molecular flexibility index (Phi) is 4.84. The summed E-state index contributed by atoms with van der Waals surface area (Å²) in [6.45, 7) is 4.78. The largest absolute Gasteiger partial charge is 0.494 e. The van der Waals surface area contributed by atoms with Crippen LogP contribution in [0.3, 0.4) is 0 Å². The predicted molar refractivity (Wildman–Crippen MR) is 78.7 cm³/mol. The van der Waals surface area contributed by atoms with Gasteiger partial charge in [0.15, 0.2) is 0 Å². The normalized spacial score (nSPS) is 19.1. The maximum absolute atomic E-state index is 12.3. The second-order valence-corrected chi connectivity index (χ2v) is 6.68. The number of carbonyl (C=O) groups is 1. The molecular formula is C14H20N2O4S. The topological polar surface area (TPSA) is 84.5 Å². The quantitative estimate of drug-likeness (QED) is 0.848. The molecule has 0 aromatic heterocycles. The van der Waals surface area contributed by atoms with Crippen molar-refractivity contribution in [3.05, 3.63) is 23.8 Å². The third kappa shape index (κ3) is 3.74. The Balaban J connectivity index is 2.19. The fraction of sp³-hybridized carbons (Fsp3) is 0.500. The molecule has 1 saturated heterocycles. The number of benzene rings is 1. The molecule has 1 fully saturated rings. The SMILES string of the molecule is CCOc1ccc(S(=O)(=O)NC2CCCNC2=O)cc1C. The van der Waals surface area contributed by atoms with Crippen molar-refractivity contribution in [1.82, 2.24) is 10.0 Å². The molecule has 116 valence electrons. The van der Waals surface area contributed by atoms with Gasteiger partial charge in [0, 0.05) is 6.54 Å². The van der Waals surface area contributed by atoms with Gasteiger partial charge < -0.3 is 10.1 Å². The van der Waals surface area contributed by atoms with Crippen molar-refractivity contribution in [2.75, 3.05) is 13.2 Å². The first-order chi connectivity index (χ1) is 9.94. The van der Waals surface area contributed by atoms with Crippen LogP contribution in [0.4, 0.5) is 0 Å². The van der Waals surface area contributed by atoms with Crippen molar-refractivity contribution in [1.29, 1.82) is 0 Å². The molecule has 2 N–H and O–H groups in total. The van der Waals surface area contributed by atoms with E-state index in [1.54, 1.807) is 19.1 Å². The zero-order valence-corrected chi connectivity index (χ0v) is 13.0. The number of rotatable bonds is 5. The van der Waals surface area contributed by atoms with Crippen molar-refractivity contribution in [2.45, 2.75) is 37.6 Å². The van der Waals surface area contributed by atoms with Crippen LogP contribution >= 0.6 is 0 Å². The standard InChI is InChI=1S/C14H20N2O4S/c1-3-20-13-7-6-11(9-10(13)2)21(18,19)16-12-5-4-8-15-14(12)17/h6-7,9,12,16H,3-5,8H2,1-2H3,(H,15,17). The Labute approximate surface area is 124 Å². The molecule has 1 aromatic carbocycles. The van der Waals surface area contributed by atoms with Gasteiger partial charge >= 0.3 is 0 Å². The molecule has 0 saturated carbocycles. The molecule has 7 heteroatoms. The second-order valence-electron chi connectivity index (χ2n) is 4.97. The lowest BCUT2D eigenvalue weighted by atomic mass is 10.1. The van der Waals surface area contributed by atoms with Crippen LogP contribution in [0.15, 0.2) is 23.1 Å². The van der Waals surface area contributed by atoms with Crippen LogP contribution in [0.2, 0.25) is 0 Å². The van der Waals surface area contributed by atoms with Crippen LogP contribution in [0.25, 0.3) is 0 Å². The van der Waals surface area contributed by atoms with E-state index in [1.165, 1.54) is 6.07 Å². The molecule has 21 heavy (non-hydrogen) atoms. The highest BCUT2D eigenvalue weighted by Gasteiger charge is 2.27. The molecular weight excluding hydrogens is 292 g/mol. The van der Waals surface area contributed by atoms with Crippen molar-refractivity contribution in [3.8, 4) is 5.75 Å². The summed E-state index contributed by atoms with van der Waals surface area (Å²) in [5, 5.41) is 2.66. The fourth-order valence-corrected chi connectivity index (χ4v) is 3.56. The van der Waals surface area contributed by atoms with Gasteiger partial charge in [0.1, 0.15) is 11.8 Å². The summed E-state index contributed by atoms with van der Waals surface area (Å²) in [6.07, 6.45) is 1.28. The highest BCUT2D eigenvalue weighted by Crippen LogP contribution is 2.22. The van der Waals surface area contributed by atoms with E-state index in [0.717, 1.165) is 12.0 Å². The number of hydrogen-bond donors (Lipinski definition) is 2. The minimum Gasteiger partial charge on any atom is -0.494 e. The van der Waals surface area contributed by atoms with Crippen LogP contribution in [0, 0.1) is 6.92 Å². The van der Waals surface area contributed by atoms with Gasteiger partial charge in [-0.05, 0) is 50.5 Å². The van der Waals surface area contributed by atoms with Gasteiger partial charge in [0.25, 0.3) is 0 Å². The van der Waals surface area contributed by atoms with E-state index < -0.39 is 16.1 Å². The zero-order valence-electron chi connectivity index (χ0n) is 12.2. The summed E-state index contributed by atoms with van der Waals surface area (Å²) in [5.74, 6) is 0.388. The molecule has 1 aliphatic rings. The molecule has 0 spiro atoms. The zero-order chi connectivity index (χ0) is 15.5. The Bertz CT molecular complexity index is 628. The number of amides is 1. The number of ether oxygens (including phenoxy) is 1. The van der Waals surface area contributed by atoms with Crippen molar-refractivity contribution >= 4 is 15.9 Å². The Morgan fingerprint density at radius 3 is 2.81 bits per heavy atom. The molecule has 1 aliphatic heterocycles. The number of sulfonamides is 1. The van der Waals surface area contributed by atoms with Gasteiger partial charge in [-0.25, -0.2) is 8.42 Å². The summed E-state index contributed by atoms with van der Waals surface area (Å²) in [6, 6.07) is 3.97. The Hall–Kier alpha value is -1.60. The number of nitrogens with one attached hydrogen (secondary N) is 2. The van der Waals surface area contributed by atoms with E-state index in [-0.39, 0.29) is 10.8 Å². The number of aryl methyl sites for hydroxylation is 1. The highest BCUT2D eigenvalue weighted by atomic mass is 32.2. The van der Waals surface area contributed by atoms with Gasteiger partial charge in [-0.15, -0.1) is 0 Å². The molecule has 1 aromatic rings. The molecule has 0 aliphatic carbocycles. The average Bonchev–Trinajstić information content (AvgIpc) is 2.43. The second kappa shape index (κ2) is 6.44. The maximum Gasteiger partial charge on any atom is 0.241 e.